The minimum atomic E-state index is 0.108. The van der Waals surface area contributed by atoms with Crippen molar-refractivity contribution in [2.75, 3.05) is 4.90 Å². The SMILES string of the molecule is CC(C)(C)N1c2ccccc2SC1SN. The van der Waals surface area contributed by atoms with E-state index in [0.29, 0.717) is 4.71 Å². The van der Waals surface area contributed by atoms with Crippen LogP contribution in [-0.4, -0.2) is 10.2 Å². The molecule has 0 radical (unpaired) electrons. The van der Waals surface area contributed by atoms with E-state index in [2.05, 4.69) is 49.9 Å². The van der Waals surface area contributed by atoms with E-state index in [1.54, 1.807) is 0 Å². The van der Waals surface area contributed by atoms with Crippen molar-refractivity contribution in [1.82, 2.24) is 0 Å². The van der Waals surface area contributed by atoms with E-state index < -0.39 is 0 Å². The number of para-hydroxylation sites is 1. The van der Waals surface area contributed by atoms with Crippen LogP contribution in [-0.2, 0) is 0 Å². The monoisotopic (exact) mass is 240 g/mol. The highest BCUT2D eigenvalue weighted by molar-refractivity contribution is 8.16. The van der Waals surface area contributed by atoms with Crippen LogP contribution in [0.5, 0.6) is 0 Å². The summed E-state index contributed by atoms with van der Waals surface area (Å²) in [6.07, 6.45) is 0. The molecule has 82 valence electrons. The summed E-state index contributed by atoms with van der Waals surface area (Å²) in [4.78, 5) is 3.72. The van der Waals surface area contributed by atoms with Crippen LogP contribution in [0.4, 0.5) is 5.69 Å². The molecule has 0 aromatic heterocycles. The van der Waals surface area contributed by atoms with Crippen LogP contribution >= 0.6 is 23.7 Å². The Morgan fingerprint density at radius 1 is 1.33 bits per heavy atom. The van der Waals surface area contributed by atoms with Crippen LogP contribution in [0, 0.1) is 0 Å². The van der Waals surface area contributed by atoms with Gasteiger partial charge in [-0.25, -0.2) is 0 Å². The molecule has 1 heterocycles. The van der Waals surface area contributed by atoms with Gasteiger partial charge in [-0.1, -0.05) is 23.9 Å². The van der Waals surface area contributed by atoms with Crippen molar-refractivity contribution in [3.8, 4) is 0 Å². The Morgan fingerprint density at radius 2 is 2.00 bits per heavy atom. The third-order valence-corrected chi connectivity index (χ3v) is 4.48. The molecule has 0 amide bonds. The minimum absolute atomic E-state index is 0.108. The Balaban J connectivity index is 2.43. The van der Waals surface area contributed by atoms with Crippen LogP contribution in [0.3, 0.4) is 0 Å². The summed E-state index contributed by atoms with van der Waals surface area (Å²) in [7, 11) is 0. The number of hydrogen-bond acceptors (Lipinski definition) is 4. The molecular weight excluding hydrogens is 224 g/mol. The molecule has 0 fully saturated rings. The van der Waals surface area contributed by atoms with Crippen molar-refractivity contribution in [2.24, 2.45) is 5.14 Å². The van der Waals surface area contributed by atoms with Gasteiger partial charge in [0.1, 0.15) is 4.71 Å². The fourth-order valence-electron chi connectivity index (χ4n) is 1.80. The van der Waals surface area contributed by atoms with E-state index in [1.165, 1.54) is 22.5 Å². The predicted octanol–water partition coefficient (Wildman–Crippen LogP) is 3.29. The molecule has 1 aliphatic rings. The second kappa shape index (κ2) is 3.92. The second-order valence-corrected chi connectivity index (χ2v) is 6.71. The molecule has 0 saturated carbocycles. The van der Waals surface area contributed by atoms with Crippen molar-refractivity contribution < 1.29 is 0 Å². The van der Waals surface area contributed by atoms with Gasteiger partial charge in [-0.15, -0.1) is 0 Å². The van der Waals surface area contributed by atoms with E-state index in [-0.39, 0.29) is 5.54 Å². The molecule has 1 unspecified atom stereocenters. The van der Waals surface area contributed by atoms with Gasteiger partial charge in [0.05, 0.1) is 5.69 Å². The lowest BCUT2D eigenvalue weighted by Crippen LogP contribution is -2.44. The number of nitrogens with zero attached hydrogens (tertiary/aromatic N) is 1. The zero-order valence-corrected chi connectivity index (χ0v) is 10.9. The predicted molar refractivity (Wildman–Crippen MR) is 70.1 cm³/mol. The lowest BCUT2D eigenvalue weighted by atomic mass is 10.1. The van der Waals surface area contributed by atoms with E-state index in [9.17, 15) is 0 Å². The van der Waals surface area contributed by atoms with Gasteiger partial charge in [-0.05, 0) is 44.9 Å². The zero-order chi connectivity index (χ0) is 11.1. The highest BCUT2D eigenvalue weighted by Crippen LogP contribution is 2.49. The lowest BCUT2D eigenvalue weighted by Gasteiger charge is -2.37. The Labute approximate surface area is 99.7 Å². The maximum atomic E-state index is 5.75. The van der Waals surface area contributed by atoms with Crippen LogP contribution in [0.25, 0.3) is 0 Å². The maximum Gasteiger partial charge on any atom is 0.141 e. The number of thioether (sulfide) groups is 1. The van der Waals surface area contributed by atoms with Gasteiger partial charge < -0.3 is 4.90 Å². The number of anilines is 1. The molecule has 2 N–H and O–H groups in total. The smallest absolute Gasteiger partial charge is 0.141 e. The van der Waals surface area contributed by atoms with E-state index in [1.807, 2.05) is 11.8 Å². The van der Waals surface area contributed by atoms with Gasteiger partial charge in [-0.2, -0.15) is 0 Å². The first-order chi connectivity index (χ1) is 7.04. The summed E-state index contributed by atoms with van der Waals surface area (Å²) >= 11 is 3.25. The van der Waals surface area contributed by atoms with Crippen molar-refractivity contribution in [1.29, 1.82) is 0 Å². The van der Waals surface area contributed by atoms with Crippen molar-refractivity contribution in [2.45, 2.75) is 35.9 Å². The summed E-state index contributed by atoms with van der Waals surface area (Å²) in [5, 5.41) is 5.75. The molecular formula is C11H16N2S2. The summed E-state index contributed by atoms with van der Waals surface area (Å²) in [6, 6.07) is 8.50. The molecule has 0 saturated heterocycles. The van der Waals surface area contributed by atoms with Crippen LogP contribution in [0.1, 0.15) is 20.8 Å². The minimum Gasteiger partial charge on any atom is -0.344 e. The third kappa shape index (κ3) is 1.98. The van der Waals surface area contributed by atoms with Crippen molar-refractivity contribution in [3.05, 3.63) is 24.3 Å². The van der Waals surface area contributed by atoms with E-state index in [0.717, 1.165) is 0 Å². The first-order valence-corrected chi connectivity index (χ1v) is 6.77. The Morgan fingerprint density at radius 3 is 2.60 bits per heavy atom. The van der Waals surface area contributed by atoms with Gasteiger partial charge in [0.2, 0.25) is 0 Å². The molecule has 4 heteroatoms. The molecule has 1 atom stereocenters. The second-order valence-electron chi connectivity index (χ2n) is 4.57. The summed E-state index contributed by atoms with van der Waals surface area (Å²) in [5.41, 5.74) is 1.41. The zero-order valence-electron chi connectivity index (χ0n) is 9.23. The third-order valence-electron chi connectivity index (χ3n) is 2.40. The molecule has 0 aliphatic carbocycles. The average molecular weight is 240 g/mol. The Kier molecular flexibility index (Phi) is 2.92. The standard InChI is InChI=1S/C11H16N2S2/c1-11(2,3)13-8-6-4-5-7-9(8)14-10(13)15-12/h4-7,10H,12H2,1-3H3. The summed E-state index contributed by atoms with van der Waals surface area (Å²) in [5.74, 6) is 0. The highest BCUT2D eigenvalue weighted by Gasteiger charge is 2.36. The van der Waals surface area contributed by atoms with Crippen LogP contribution in [0.15, 0.2) is 29.2 Å². The fourth-order valence-corrected chi connectivity index (χ4v) is 4.08. The highest BCUT2D eigenvalue weighted by atomic mass is 32.2. The molecule has 2 rings (SSSR count). The number of fused-ring (bicyclic) bond motifs is 1. The molecule has 1 aromatic carbocycles. The topological polar surface area (TPSA) is 29.3 Å². The number of rotatable bonds is 1. The van der Waals surface area contributed by atoms with E-state index in [4.69, 9.17) is 5.14 Å². The quantitative estimate of drug-likeness (QED) is 0.763. The molecule has 1 aromatic rings. The normalized spacial score (nSPS) is 20.5. The largest absolute Gasteiger partial charge is 0.344 e. The van der Waals surface area contributed by atoms with Gasteiger partial charge in [-0.3, -0.25) is 5.14 Å². The van der Waals surface area contributed by atoms with Gasteiger partial charge >= 0.3 is 0 Å². The van der Waals surface area contributed by atoms with Gasteiger partial charge in [0.15, 0.2) is 0 Å². The van der Waals surface area contributed by atoms with Gasteiger partial charge in [0, 0.05) is 10.4 Å². The lowest BCUT2D eigenvalue weighted by molar-refractivity contribution is 0.525. The first-order valence-electron chi connectivity index (χ1n) is 4.94. The Hall–Kier alpha value is -0.320. The molecule has 1 aliphatic heterocycles. The van der Waals surface area contributed by atoms with E-state index >= 15 is 0 Å². The van der Waals surface area contributed by atoms with Crippen LogP contribution in [0.2, 0.25) is 0 Å². The molecule has 0 bridgehead atoms. The fraction of sp³-hybridized carbons (Fsp3) is 0.455. The van der Waals surface area contributed by atoms with Gasteiger partial charge in [0.25, 0.3) is 0 Å². The number of benzene rings is 1. The van der Waals surface area contributed by atoms with Crippen molar-refractivity contribution in [3.63, 3.8) is 0 Å². The first kappa shape index (κ1) is 11.2. The maximum absolute atomic E-state index is 5.75. The molecule has 15 heavy (non-hydrogen) atoms. The summed E-state index contributed by atoms with van der Waals surface area (Å²) < 4.78 is 0.294. The van der Waals surface area contributed by atoms with Crippen molar-refractivity contribution >= 4 is 29.4 Å². The molecule has 0 spiro atoms. The number of nitrogens with two attached hydrogens (primary N) is 1. The summed E-state index contributed by atoms with van der Waals surface area (Å²) in [6.45, 7) is 6.66. The molecule has 2 nitrogen and oxygen atoms in total. The van der Waals surface area contributed by atoms with Crippen LogP contribution < -0.4 is 10.0 Å². The average Bonchev–Trinajstić information content (AvgIpc) is 2.54. The number of hydrogen-bond donors (Lipinski definition) is 1. The Bertz CT molecular complexity index is 360.